The summed E-state index contributed by atoms with van der Waals surface area (Å²) < 4.78 is 0. The topological polar surface area (TPSA) is 53.7 Å². The molecule has 1 heterocycles. The van der Waals surface area contributed by atoms with Crippen LogP contribution in [0.25, 0.3) is 10.9 Å². The highest BCUT2D eigenvalue weighted by Crippen LogP contribution is 2.13. The lowest BCUT2D eigenvalue weighted by molar-refractivity contribution is -0.117. The van der Waals surface area contributed by atoms with E-state index in [0.717, 1.165) is 4.88 Å². The van der Waals surface area contributed by atoms with E-state index in [1.165, 1.54) is 17.4 Å². The Labute approximate surface area is 91.7 Å². The summed E-state index contributed by atoms with van der Waals surface area (Å²) in [6, 6.07) is 3.68. The molecule has 1 rings (SSSR count). The molecule has 0 spiro atoms. The molecule has 0 fully saturated rings. The number of nitrogens with zero attached hydrogens (tertiary/aromatic N) is 1. The smallest absolute Gasteiger partial charge is 0.251 e. The summed E-state index contributed by atoms with van der Waals surface area (Å²) in [5.41, 5.74) is 0.0332. The van der Waals surface area contributed by atoms with E-state index in [2.05, 4.69) is 10.2 Å². The zero-order chi connectivity index (χ0) is 11.1. The van der Waals surface area contributed by atoms with Crippen molar-refractivity contribution in [2.45, 2.75) is 0 Å². The molecule has 1 aromatic heterocycles. The van der Waals surface area contributed by atoms with Crippen molar-refractivity contribution in [2.24, 2.45) is 0 Å². The number of carbonyl (C=O) groups is 1. The minimum Gasteiger partial charge on any atom is -0.395 e. The molecule has 5 heteroatoms. The molecular formula is C10H10N2O2S. The van der Waals surface area contributed by atoms with E-state index in [1.807, 2.05) is 17.5 Å². The fourth-order valence-corrected chi connectivity index (χ4v) is 1.57. The number of rotatable bonds is 4. The standard InChI is InChI=1S/C10H10N2O2S/c1-11-9(10(14)12-4-5-13)7-8-3-2-6-15-8/h2-3,6-7,13H,4-5H2,(H,12,14)/b9-7-. The van der Waals surface area contributed by atoms with Crippen LogP contribution in [0, 0.1) is 6.57 Å². The highest BCUT2D eigenvalue weighted by molar-refractivity contribution is 7.10. The molecule has 1 aromatic rings. The normalized spacial score (nSPS) is 10.8. The molecule has 0 aromatic carbocycles. The predicted molar refractivity (Wildman–Crippen MR) is 59.0 cm³/mol. The SMILES string of the molecule is [C-]#[N+]/C(=C\c1cccs1)C(=O)NCCO. The zero-order valence-electron chi connectivity index (χ0n) is 7.93. The summed E-state index contributed by atoms with van der Waals surface area (Å²) in [4.78, 5) is 15.4. The average Bonchev–Trinajstić information content (AvgIpc) is 2.75. The molecule has 15 heavy (non-hydrogen) atoms. The van der Waals surface area contributed by atoms with Gasteiger partial charge in [-0.25, -0.2) is 4.85 Å². The van der Waals surface area contributed by atoms with Crippen molar-refractivity contribution in [1.82, 2.24) is 5.32 Å². The van der Waals surface area contributed by atoms with Crippen LogP contribution in [0.5, 0.6) is 0 Å². The van der Waals surface area contributed by atoms with Crippen molar-refractivity contribution in [3.63, 3.8) is 0 Å². The Bertz CT molecular complexity index is 390. The van der Waals surface area contributed by atoms with Crippen LogP contribution < -0.4 is 5.32 Å². The quantitative estimate of drug-likeness (QED) is 0.592. The van der Waals surface area contributed by atoms with E-state index in [1.54, 1.807) is 0 Å². The summed E-state index contributed by atoms with van der Waals surface area (Å²) in [7, 11) is 0. The highest BCUT2D eigenvalue weighted by atomic mass is 32.1. The molecule has 0 aliphatic rings. The molecule has 2 N–H and O–H groups in total. The van der Waals surface area contributed by atoms with Gasteiger partial charge in [0, 0.05) is 11.4 Å². The van der Waals surface area contributed by atoms with Gasteiger partial charge in [0.2, 0.25) is 5.91 Å². The van der Waals surface area contributed by atoms with Gasteiger partial charge in [-0.1, -0.05) is 6.07 Å². The van der Waals surface area contributed by atoms with E-state index in [0.29, 0.717) is 0 Å². The van der Waals surface area contributed by atoms with Crippen LogP contribution in [0.2, 0.25) is 0 Å². The molecule has 0 bridgehead atoms. The fourth-order valence-electron chi connectivity index (χ4n) is 0.917. The largest absolute Gasteiger partial charge is 0.395 e. The maximum Gasteiger partial charge on any atom is 0.251 e. The highest BCUT2D eigenvalue weighted by Gasteiger charge is 2.08. The van der Waals surface area contributed by atoms with Crippen LogP contribution >= 0.6 is 11.3 Å². The van der Waals surface area contributed by atoms with Crippen molar-refractivity contribution >= 4 is 23.3 Å². The van der Waals surface area contributed by atoms with Gasteiger partial charge < -0.3 is 10.4 Å². The first-order valence-corrected chi connectivity index (χ1v) is 5.17. The number of aliphatic hydroxyl groups excluding tert-OH is 1. The number of nitrogens with one attached hydrogen (secondary N) is 1. The van der Waals surface area contributed by atoms with Gasteiger partial charge in [0.15, 0.2) is 0 Å². The lowest BCUT2D eigenvalue weighted by atomic mass is 10.3. The molecule has 4 nitrogen and oxygen atoms in total. The molecule has 0 aliphatic heterocycles. The Balaban J connectivity index is 2.72. The molecular weight excluding hydrogens is 212 g/mol. The zero-order valence-corrected chi connectivity index (χ0v) is 8.75. The molecule has 0 radical (unpaired) electrons. The van der Waals surface area contributed by atoms with E-state index in [4.69, 9.17) is 11.7 Å². The Hall–Kier alpha value is -1.64. The minimum atomic E-state index is -0.451. The second-order valence-electron chi connectivity index (χ2n) is 2.64. The first-order chi connectivity index (χ1) is 7.27. The first kappa shape index (κ1) is 11.4. The predicted octanol–water partition coefficient (Wildman–Crippen LogP) is 1.12. The van der Waals surface area contributed by atoms with Gasteiger partial charge in [-0.15, -0.1) is 11.3 Å². The number of hydrogen-bond donors (Lipinski definition) is 2. The Morgan fingerprint density at radius 1 is 1.73 bits per heavy atom. The minimum absolute atomic E-state index is 0.0332. The second-order valence-corrected chi connectivity index (χ2v) is 3.62. The molecule has 0 saturated carbocycles. The van der Waals surface area contributed by atoms with Crippen molar-refractivity contribution in [2.75, 3.05) is 13.2 Å². The van der Waals surface area contributed by atoms with Gasteiger partial charge in [0.1, 0.15) is 0 Å². The van der Waals surface area contributed by atoms with E-state index in [9.17, 15) is 4.79 Å². The lowest BCUT2D eigenvalue weighted by Crippen LogP contribution is -2.26. The van der Waals surface area contributed by atoms with Crippen LogP contribution in [0.3, 0.4) is 0 Å². The molecule has 0 aliphatic carbocycles. The first-order valence-electron chi connectivity index (χ1n) is 4.29. The Morgan fingerprint density at radius 3 is 3.07 bits per heavy atom. The third kappa shape index (κ3) is 3.54. The van der Waals surface area contributed by atoms with Crippen LogP contribution in [-0.2, 0) is 4.79 Å². The number of hydrogen-bond acceptors (Lipinski definition) is 3. The van der Waals surface area contributed by atoms with Gasteiger partial charge in [-0.3, -0.25) is 4.79 Å². The van der Waals surface area contributed by atoms with Crippen molar-refractivity contribution < 1.29 is 9.90 Å². The van der Waals surface area contributed by atoms with Crippen molar-refractivity contribution in [1.29, 1.82) is 0 Å². The Morgan fingerprint density at radius 2 is 2.53 bits per heavy atom. The third-order valence-electron chi connectivity index (χ3n) is 1.57. The van der Waals surface area contributed by atoms with E-state index in [-0.39, 0.29) is 18.8 Å². The van der Waals surface area contributed by atoms with Crippen molar-refractivity contribution in [3.05, 3.63) is 39.5 Å². The summed E-state index contributed by atoms with van der Waals surface area (Å²) in [5, 5.41) is 12.8. The van der Waals surface area contributed by atoms with Crippen LogP contribution in [0.1, 0.15) is 4.88 Å². The van der Waals surface area contributed by atoms with Gasteiger partial charge in [-0.2, -0.15) is 0 Å². The Kier molecular flexibility index (Phi) is 4.54. The van der Waals surface area contributed by atoms with Crippen LogP contribution in [-0.4, -0.2) is 24.2 Å². The fraction of sp³-hybridized carbons (Fsp3) is 0.200. The number of amides is 1. The third-order valence-corrected chi connectivity index (χ3v) is 2.39. The molecule has 0 unspecified atom stereocenters. The van der Waals surface area contributed by atoms with Gasteiger partial charge in [0.05, 0.1) is 13.2 Å². The lowest BCUT2D eigenvalue weighted by Gasteiger charge is -2.00. The second kappa shape index (κ2) is 5.96. The van der Waals surface area contributed by atoms with Crippen molar-refractivity contribution in [3.8, 4) is 0 Å². The number of thiophene rings is 1. The number of carbonyl (C=O) groups excluding carboxylic acids is 1. The van der Waals surface area contributed by atoms with Gasteiger partial charge >= 0.3 is 0 Å². The van der Waals surface area contributed by atoms with Gasteiger partial charge in [-0.05, 0) is 17.5 Å². The summed E-state index contributed by atoms with van der Waals surface area (Å²) >= 11 is 1.46. The molecule has 1 amide bonds. The summed E-state index contributed by atoms with van der Waals surface area (Å²) in [5.74, 6) is -0.451. The maximum absolute atomic E-state index is 11.4. The van der Waals surface area contributed by atoms with Gasteiger partial charge in [0.25, 0.3) is 5.70 Å². The van der Waals surface area contributed by atoms with Crippen LogP contribution in [0.4, 0.5) is 0 Å². The summed E-state index contributed by atoms with van der Waals surface area (Å²) in [6.07, 6.45) is 1.53. The maximum atomic E-state index is 11.4. The average molecular weight is 222 g/mol. The van der Waals surface area contributed by atoms with E-state index < -0.39 is 5.91 Å². The molecule has 0 saturated heterocycles. The van der Waals surface area contributed by atoms with Crippen LogP contribution in [0.15, 0.2) is 23.2 Å². The van der Waals surface area contributed by atoms with E-state index >= 15 is 0 Å². The monoisotopic (exact) mass is 222 g/mol. The molecule has 78 valence electrons. The number of aliphatic hydroxyl groups is 1. The molecule has 0 atom stereocenters. The summed E-state index contributed by atoms with van der Waals surface area (Å²) in [6.45, 7) is 6.90.